The Bertz CT molecular complexity index is 4980. The molecule has 5 heterocycles. The normalized spacial score (nSPS) is 16.8. The molecule has 3 saturated heterocycles. The van der Waals surface area contributed by atoms with Gasteiger partial charge in [-0.3, -0.25) is 73.8 Å². The van der Waals surface area contributed by atoms with Crippen LogP contribution in [0.5, 0.6) is 11.5 Å². The largest absolute Gasteiger partial charge is 0.508 e. The number of benzene rings is 3. The SMILES string of the molecule is CC(C)C[C@H](NC(=O)CNC(=O)[C@H](CC(C)C)NC(=O)[C@@H]1CCCN1C(=O)[C@H](CCCNC(=N)N)NC(=O)CCCCC1SCC2NC(=O)NC21)C(=O)N[C@@H](CCCCNc1nc(Cl)nc(Nc2ccc(-c3c4ccc(O)cc4[o+]c4cc(O)ccc34)c(C(=O)O)c2)n1)C(=O)N[C@@H](C)C(=O)N[C@@H](CCCNC(=N)N)C(=O)N[C@@H](CCC(=O)O)C(=O)N[C@@H](CCCNC(=N)N)C(N)=O. The van der Waals surface area contributed by atoms with Gasteiger partial charge in [-0.15, -0.1) is 0 Å². The number of primary amides is 1. The molecule has 0 saturated carbocycles. The summed E-state index contributed by atoms with van der Waals surface area (Å²) in [4.78, 5) is 206. The number of rotatable bonds is 53. The van der Waals surface area contributed by atoms with Gasteiger partial charge in [0.2, 0.25) is 82.2 Å². The Hall–Kier alpha value is -13.6. The summed E-state index contributed by atoms with van der Waals surface area (Å²) in [6.07, 6.45) is 2.00. The van der Waals surface area contributed by atoms with Gasteiger partial charge in [-0.25, -0.2) is 14.0 Å². The van der Waals surface area contributed by atoms with E-state index >= 15 is 0 Å². The molecule has 3 fully saturated rings. The quantitative estimate of drug-likeness (QED) is 0.00638. The van der Waals surface area contributed by atoms with Crippen molar-refractivity contribution < 1.29 is 92.0 Å². The minimum Gasteiger partial charge on any atom is -0.508 e. The van der Waals surface area contributed by atoms with Gasteiger partial charge in [-0.2, -0.15) is 26.7 Å². The van der Waals surface area contributed by atoms with Crippen molar-refractivity contribution in [3.63, 3.8) is 0 Å². The Morgan fingerprint density at radius 3 is 1.68 bits per heavy atom. The first-order chi connectivity index (χ1) is 62.7. The fourth-order valence-electron chi connectivity index (χ4n) is 15.4. The number of aromatic carboxylic acids is 1. The van der Waals surface area contributed by atoms with E-state index in [1.165, 1.54) is 42.2 Å². The third kappa shape index (κ3) is 32.5. The zero-order valence-corrected chi connectivity index (χ0v) is 75.5. The number of carboxylic acid groups (broad SMARTS) is 2. The highest BCUT2D eigenvalue weighted by Gasteiger charge is 2.44. The van der Waals surface area contributed by atoms with Crippen LogP contribution in [0.25, 0.3) is 33.1 Å². The number of nitrogens with one attached hydrogen (secondary N) is 19. The fraction of sp³-hybridized carbons (Fsp3) is 0.536. The molecule has 5 aromatic rings. The second kappa shape index (κ2) is 50.5. The van der Waals surface area contributed by atoms with Gasteiger partial charge in [0, 0.05) is 67.8 Å². The summed E-state index contributed by atoms with van der Waals surface area (Å²) in [7, 11) is 0. The number of carbonyl (C=O) groups is 14. The van der Waals surface area contributed by atoms with Crippen molar-refractivity contribution in [3.05, 3.63) is 65.4 Å². The minimum absolute atomic E-state index is 0.00131. The molecule has 8 rings (SSSR count). The van der Waals surface area contributed by atoms with Crippen LogP contribution < -0.4 is 108 Å². The first kappa shape index (κ1) is 104. The van der Waals surface area contributed by atoms with Gasteiger partial charge >= 0.3 is 29.1 Å². The van der Waals surface area contributed by atoms with E-state index in [2.05, 4.69) is 100 Å². The van der Waals surface area contributed by atoms with Crippen LogP contribution in [0.2, 0.25) is 5.28 Å². The summed E-state index contributed by atoms with van der Waals surface area (Å²) in [5.74, 6) is -13.1. The van der Waals surface area contributed by atoms with Crippen LogP contribution in [0.15, 0.2) is 59.0 Å². The molecule has 3 aromatic carbocycles. The van der Waals surface area contributed by atoms with Crippen LogP contribution in [0.1, 0.15) is 167 Å². The van der Waals surface area contributed by atoms with E-state index in [0.29, 0.717) is 42.0 Å². The molecule has 13 amide bonds. The number of anilines is 3. The average Bonchev–Trinajstić information content (AvgIpc) is 1.13. The number of thioether (sulfide) groups is 1. The number of nitrogens with two attached hydrogens (primary N) is 4. The predicted molar refractivity (Wildman–Crippen MR) is 490 cm³/mol. The monoisotopic (exact) mass is 1880 g/mol. The van der Waals surface area contributed by atoms with Crippen molar-refractivity contribution in [2.45, 2.75) is 228 Å². The lowest BCUT2D eigenvalue weighted by Gasteiger charge is -2.30. The van der Waals surface area contributed by atoms with Crippen molar-refractivity contribution >= 4 is 164 Å². The van der Waals surface area contributed by atoms with Gasteiger partial charge < -0.3 is 133 Å². The zero-order chi connectivity index (χ0) is 96.6. The molecule has 3 unspecified atom stereocenters. The molecule has 0 bridgehead atoms. The third-order valence-electron chi connectivity index (χ3n) is 21.9. The Morgan fingerprint density at radius 2 is 1.10 bits per heavy atom. The molecule has 3 aliphatic heterocycles. The number of hydrogen-bond acceptors (Lipinski definition) is 25. The Balaban J connectivity index is 0.962. The molecule has 12 atom stereocenters. The standard InChI is InChI=1S/C84H120ClN27O19S/c1-41(2)34-56(106-75(126)59-18-13-33-112(59)76(127)55(17-12-32-95-81(91)92)100-63(115)20-7-6-19-62-67-58(40-132-62)107-84(130)108-67)70(121)97-39-64(116)101-57(35-42(3)4)74(125)104-52(71(122)98-43(5)69(120)103-53(16-11-31-94-80(89)90)72(123)105-54(27-28-65(117)118)73(124)102-51(68(86)119)15-10-30-93-79(87)88)14-8-9-29-96-82-109-78(85)110-83(111-82)99-44-21-24-47(50(36-44)77(128)129)66-48-25-22-45(113)37-60(48)131-61-38-46(114)23-26-49(61)66/h21-26,36-38,41-43,51-59,62,67H,6-20,27-35,39-40H2,1-5H3,(H30-,86,87,88,89,90,91,92,93,94,95,96,97,98,99,100,101,102,103,104,105,106,107,108,109,110,111,113,114,115,116,117,118,119,120,121,122,123,124,125,126,128,129,130)/p+1/t43-,51-,52-,53-,54-,55-,56-,57-,58?,59-,62?,67?/m0/s1. The van der Waals surface area contributed by atoms with E-state index < -0.39 is 151 Å². The molecule has 46 nitrogen and oxygen atoms in total. The number of phenolic OH excluding ortho intramolecular Hbond substituents is 2. The van der Waals surface area contributed by atoms with Gasteiger partial charge in [-0.05, 0) is 175 Å². The number of hydrogen-bond donors (Lipinski definition) is 27. The molecule has 0 radical (unpaired) electrons. The first-order valence-corrected chi connectivity index (χ1v) is 45.1. The number of carbonyl (C=O) groups excluding carboxylic acids is 12. The van der Waals surface area contributed by atoms with Crippen molar-refractivity contribution in [1.82, 2.24) is 94.3 Å². The van der Waals surface area contributed by atoms with Crippen LogP contribution >= 0.6 is 23.4 Å². The number of likely N-dealkylation sites (tertiary alicyclic amines) is 1. The third-order valence-corrected chi connectivity index (χ3v) is 23.5. The van der Waals surface area contributed by atoms with Gasteiger partial charge in [0.05, 0.1) is 47.1 Å². The first-order valence-electron chi connectivity index (χ1n) is 43.6. The van der Waals surface area contributed by atoms with Crippen molar-refractivity contribution in [2.24, 2.45) is 34.8 Å². The highest BCUT2D eigenvalue weighted by Crippen LogP contribution is 2.41. The van der Waals surface area contributed by atoms with E-state index in [1.807, 2.05) is 0 Å². The van der Waals surface area contributed by atoms with Crippen LogP contribution in [0.3, 0.4) is 0 Å². The maximum atomic E-state index is 14.8. The minimum atomic E-state index is -1.64. The smallest absolute Gasteiger partial charge is 0.365 e. The summed E-state index contributed by atoms with van der Waals surface area (Å²) >= 11 is 8.20. The van der Waals surface area contributed by atoms with E-state index in [-0.39, 0.29) is 219 Å². The number of halogens is 1. The number of aliphatic carboxylic acids is 1. The number of unbranched alkanes of at least 4 members (excludes halogenated alkanes) is 2. The molecule has 718 valence electrons. The Morgan fingerprint density at radius 1 is 0.561 bits per heavy atom. The lowest BCUT2D eigenvalue weighted by atomic mass is 9.93. The molecule has 31 N–H and O–H groups in total. The van der Waals surface area contributed by atoms with Crippen LogP contribution in [0, 0.1) is 28.1 Å². The highest BCUT2D eigenvalue weighted by atomic mass is 35.5. The number of aromatic nitrogens is 3. The average molecular weight is 1880 g/mol. The lowest BCUT2D eigenvalue weighted by molar-refractivity contribution is -0.142. The van der Waals surface area contributed by atoms with Crippen molar-refractivity contribution in [3.8, 4) is 22.6 Å². The number of phenols is 2. The number of nitrogens with zero attached hydrogens (tertiary/aromatic N) is 4. The Kier molecular flexibility index (Phi) is 39.7. The molecular formula is C84H121ClN27O19S+. The van der Waals surface area contributed by atoms with Crippen LogP contribution in [-0.4, -0.2) is 258 Å². The fourth-order valence-corrected chi connectivity index (χ4v) is 17.1. The van der Waals surface area contributed by atoms with Crippen LogP contribution in [0.4, 0.5) is 22.4 Å². The highest BCUT2D eigenvalue weighted by molar-refractivity contribution is 8.00. The molecule has 3 aliphatic rings. The molecule has 0 spiro atoms. The zero-order valence-electron chi connectivity index (χ0n) is 74.0. The predicted octanol–water partition coefficient (Wildman–Crippen LogP) is 0.771. The van der Waals surface area contributed by atoms with Gasteiger partial charge in [0.25, 0.3) is 0 Å². The van der Waals surface area contributed by atoms with Gasteiger partial charge in [0.15, 0.2) is 17.9 Å². The summed E-state index contributed by atoms with van der Waals surface area (Å²) < 4.78 is 6.01. The van der Waals surface area contributed by atoms with E-state index in [1.54, 1.807) is 63.7 Å². The van der Waals surface area contributed by atoms with E-state index in [0.717, 1.165) is 12.2 Å². The number of fused-ring (bicyclic) bond motifs is 3. The summed E-state index contributed by atoms with van der Waals surface area (Å²) in [6, 6.07) is 0.615. The second-order valence-electron chi connectivity index (χ2n) is 33.3. The molecule has 48 heteroatoms. The van der Waals surface area contributed by atoms with E-state index in [9.17, 15) is 87.5 Å². The van der Waals surface area contributed by atoms with E-state index in [4.69, 9.17) is 55.2 Å². The number of guanidine groups is 3. The number of amides is 13. The maximum absolute atomic E-state index is 14.8. The molecule has 0 aliphatic carbocycles. The van der Waals surface area contributed by atoms with Gasteiger partial charge in [-0.1, -0.05) is 40.2 Å². The van der Waals surface area contributed by atoms with Crippen LogP contribution in [-0.2, 0) is 57.5 Å². The Labute approximate surface area is 769 Å². The maximum Gasteiger partial charge on any atom is 0.365 e. The topological polar surface area (TPSA) is 741 Å². The summed E-state index contributed by atoms with van der Waals surface area (Å²) in [6.45, 7) is 8.14. The molecule has 2 aromatic heterocycles. The summed E-state index contributed by atoms with van der Waals surface area (Å²) in [5.41, 5.74) is 23.1. The molecular weight excluding hydrogens is 1760 g/mol. The number of aromatic hydroxyl groups is 2. The van der Waals surface area contributed by atoms with Gasteiger partial charge in [0.1, 0.15) is 65.9 Å². The number of carboxylic acids is 2. The summed E-state index contributed by atoms with van der Waals surface area (Å²) in [5, 5.41) is 108. The molecule has 132 heavy (non-hydrogen) atoms. The second-order valence-corrected chi connectivity index (χ2v) is 34.9. The number of urea groups is 1. The van der Waals surface area contributed by atoms with Crippen molar-refractivity contribution in [2.75, 3.05) is 55.7 Å². The van der Waals surface area contributed by atoms with Crippen molar-refractivity contribution in [1.29, 1.82) is 16.2 Å². The lowest BCUT2D eigenvalue weighted by Crippen LogP contribution is -2.59.